The van der Waals surface area contributed by atoms with Gasteiger partial charge in [0, 0.05) is 23.5 Å². The van der Waals surface area contributed by atoms with Crippen molar-refractivity contribution in [1.82, 2.24) is 9.97 Å². The van der Waals surface area contributed by atoms with E-state index >= 15 is 0 Å². The first-order valence-corrected chi connectivity index (χ1v) is 8.70. The largest absolute Gasteiger partial charge is 0.369 e. The van der Waals surface area contributed by atoms with Crippen LogP contribution in [0.5, 0.6) is 0 Å². The van der Waals surface area contributed by atoms with Crippen molar-refractivity contribution in [2.24, 2.45) is 0 Å². The molecule has 0 unspecified atom stereocenters. The summed E-state index contributed by atoms with van der Waals surface area (Å²) in [7, 11) is 0. The Morgan fingerprint density at radius 1 is 1.11 bits per heavy atom. The number of H-pyrrole nitrogens is 1. The number of hydrogen-bond acceptors (Lipinski definition) is 3. The van der Waals surface area contributed by atoms with Gasteiger partial charge < -0.3 is 10.3 Å². The zero-order chi connectivity index (χ0) is 19.0. The molecule has 2 aromatic heterocycles. The molecule has 0 aliphatic heterocycles. The number of anilines is 1. The maximum absolute atomic E-state index is 14.0. The van der Waals surface area contributed by atoms with Gasteiger partial charge in [0.15, 0.2) is 0 Å². The highest BCUT2D eigenvalue weighted by Crippen LogP contribution is 2.27. The summed E-state index contributed by atoms with van der Waals surface area (Å²) in [6.07, 6.45) is 1.90. The summed E-state index contributed by atoms with van der Waals surface area (Å²) < 4.78 is 27.7. The quantitative estimate of drug-likeness (QED) is 0.502. The summed E-state index contributed by atoms with van der Waals surface area (Å²) in [5.41, 5.74) is 0.659. The van der Waals surface area contributed by atoms with Gasteiger partial charge >= 0.3 is 0 Å². The maximum atomic E-state index is 14.0. The van der Waals surface area contributed by atoms with Crippen LogP contribution in [0.25, 0.3) is 21.7 Å². The zero-order valence-electron chi connectivity index (χ0n) is 14.0. The molecule has 2 heterocycles. The van der Waals surface area contributed by atoms with Crippen molar-refractivity contribution in [2.45, 2.75) is 6.42 Å². The molecule has 2 aromatic carbocycles. The summed E-state index contributed by atoms with van der Waals surface area (Å²) in [5.74, 6) is -0.396. The Morgan fingerprint density at radius 3 is 2.81 bits per heavy atom. The Morgan fingerprint density at radius 2 is 1.96 bits per heavy atom. The number of fused-ring (bicyclic) bond motifs is 3. The van der Waals surface area contributed by atoms with Crippen molar-refractivity contribution >= 4 is 39.1 Å². The predicted octanol–water partition coefficient (Wildman–Crippen LogP) is 4.66. The lowest BCUT2D eigenvalue weighted by Crippen LogP contribution is -2.11. The minimum absolute atomic E-state index is 0.0790. The summed E-state index contributed by atoms with van der Waals surface area (Å²) in [5, 5.41) is 4.60. The standard InChI is InChI=1S/C20H14ClF2N3O/c21-15-3-1-2-11(18(15)23)6-8-24-19-13-7-9-25-20(27)17(13)14-10-12(22)4-5-16(14)26-19/h1-5,7,9-10H,6,8H2,(H,24,26)(H,25,27). The monoisotopic (exact) mass is 385 g/mol. The number of rotatable bonds is 4. The maximum Gasteiger partial charge on any atom is 0.256 e. The number of nitrogens with zero attached hydrogens (tertiary/aromatic N) is 1. The molecule has 4 rings (SSSR count). The van der Waals surface area contributed by atoms with Crippen molar-refractivity contribution in [3.05, 3.63) is 81.2 Å². The lowest BCUT2D eigenvalue weighted by Gasteiger charge is -2.12. The first-order chi connectivity index (χ1) is 13.0. The molecule has 4 nitrogen and oxygen atoms in total. The van der Waals surface area contributed by atoms with E-state index in [4.69, 9.17) is 11.6 Å². The third-order valence-corrected chi connectivity index (χ3v) is 4.69. The van der Waals surface area contributed by atoms with Crippen molar-refractivity contribution in [2.75, 3.05) is 11.9 Å². The molecule has 0 aliphatic carbocycles. The van der Waals surface area contributed by atoms with E-state index in [0.717, 1.165) is 0 Å². The van der Waals surface area contributed by atoms with Gasteiger partial charge in [-0.05, 0) is 42.3 Å². The van der Waals surface area contributed by atoms with Gasteiger partial charge in [-0.1, -0.05) is 23.7 Å². The SMILES string of the molecule is O=c1[nH]ccc2c(NCCc3cccc(Cl)c3F)nc3ccc(F)cc3c12. The van der Waals surface area contributed by atoms with Crippen LogP contribution in [-0.4, -0.2) is 16.5 Å². The fourth-order valence-corrected chi connectivity index (χ4v) is 3.32. The average Bonchev–Trinajstić information content (AvgIpc) is 2.65. The van der Waals surface area contributed by atoms with E-state index < -0.39 is 11.6 Å². The lowest BCUT2D eigenvalue weighted by molar-refractivity contribution is 0.611. The van der Waals surface area contributed by atoms with E-state index in [-0.39, 0.29) is 10.6 Å². The van der Waals surface area contributed by atoms with Gasteiger partial charge in [-0.25, -0.2) is 13.8 Å². The van der Waals surface area contributed by atoms with Crippen LogP contribution in [0.1, 0.15) is 5.56 Å². The molecular formula is C20H14ClF2N3O. The summed E-state index contributed by atoms with van der Waals surface area (Å²) in [6.45, 7) is 0.388. The minimum atomic E-state index is -0.441. The van der Waals surface area contributed by atoms with Gasteiger partial charge in [0.2, 0.25) is 0 Å². The number of benzene rings is 2. The van der Waals surface area contributed by atoms with Gasteiger partial charge in [-0.2, -0.15) is 0 Å². The Balaban J connectivity index is 1.73. The molecule has 0 bridgehead atoms. The van der Waals surface area contributed by atoms with Crippen molar-refractivity contribution in [1.29, 1.82) is 0 Å². The lowest BCUT2D eigenvalue weighted by atomic mass is 10.1. The van der Waals surface area contributed by atoms with E-state index in [1.807, 2.05) is 0 Å². The number of hydrogen-bond donors (Lipinski definition) is 2. The molecule has 0 radical (unpaired) electrons. The smallest absolute Gasteiger partial charge is 0.256 e. The highest BCUT2D eigenvalue weighted by atomic mass is 35.5. The molecular weight excluding hydrogens is 372 g/mol. The van der Waals surface area contributed by atoms with Gasteiger partial charge in [0.05, 0.1) is 15.9 Å². The Hall–Kier alpha value is -2.99. The molecule has 0 spiro atoms. The average molecular weight is 386 g/mol. The normalized spacial score (nSPS) is 11.2. The van der Waals surface area contributed by atoms with Gasteiger partial charge in [-0.15, -0.1) is 0 Å². The van der Waals surface area contributed by atoms with Crippen LogP contribution in [0, 0.1) is 11.6 Å². The molecule has 7 heteroatoms. The van der Waals surface area contributed by atoms with Crippen LogP contribution in [0.2, 0.25) is 5.02 Å². The molecule has 0 aliphatic rings. The van der Waals surface area contributed by atoms with E-state index in [2.05, 4.69) is 15.3 Å². The molecule has 2 N–H and O–H groups in total. The number of nitrogens with one attached hydrogen (secondary N) is 2. The van der Waals surface area contributed by atoms with Crippen molar-refractivity contribution in [3.8, 4) is 0 Å². The van der Waals surface area contributed by atoms with E-state index in [9.17, 15) is 13.6 Å². The summed E-state index contributed by atoms with van der Waals surface area (Å²) in [6, 6.07) is 10.7. The topological polar surface area (TPSA) is 57.8 Å². The molecule has 0 saturated carbocycles. The Labute approximate surface area is 157 Å². The van der Waals surface area contributed by atoms with Crippen LogP contribution >= 0.6 is 11.6 Å². The fraction of sp³-hybridized carbons (Fsp3) is 0.100. The number of aromatic nitrogens is 2. The van der Waals surface area contributed by atoms with Crippen LogP contribution in [0.15, 0.2) is 53.5 Å². The summed E-state index contributed by atoms with van der Waals surface area (Å²) >= 11 is 5.81. The fourth-order valence-electron chi connectivity index (χ4n) is 3.12. The molecule has 0 atom stereocenters. The van der Waals surface area contributed by atoms with Crippen LogP contribution in [0.4, 0.5) is 14.6 Å². The number of halogens is 3. The molecule has 136 valence electrons. The molecule has 0 saturated heterocycles. The van der Waals surface area contributed by atoms with Gasteiger partial charge in [0.1, 0.15) is 17.5 Å². The van der Waals surface area contributed by atoms with Gasteiger partial charge in [0.25, 0.3) is 5.56 Å². The molecule has 27 heavy (non-hydrogen) atoms. The van der Waals surface area contributed by atoms with E-state index in [0.29, 0.717) is 46.0 Å². The van der Waals surface area contributed by atoms with E-state index in [1.165, 1.54) is 30.5 Å². The summed E-state index contributed by atoms with van der Waals surface area (Å²) in [4.78, 5) is 19.5. The highest BCUT2D eigenvalue weighted by Gasteiger charge is 2.12. The van der Waals surface area contributed by atoms with Crippen LogP contribution < -0.4 is 10.9 Å². The van der Waals surface area contributed by atoms with Crippen molar-refractivity contribution < 1.29 is 8.78 Å². The minimum Gasteiger partial charge on any atom is -0.369 e. The Bertz CT molecular complexity index is 1220. The second kappa shape index (κ2) is 6.96. The second-order valence-electron chi connectivity index (χ2n) is 6.11. The second-order valence-corrected chi connectivity index (χ2v) is 6.51. The third-order valence-electron chi connectivity index (χ3n) is 4.39. The van der Waals surface area contributed by atoms with Crippen LogP contribution in [0.3, 0.4) is 0 Å². The van der Waals surface area contributed by atoms with Crippen molar-refractivity contribution in [3.63, 3.8) is 0 Å². The number of aromatic amines is 1. The van der Waals surface area contributed by atoms with Gasteiger partial charge in [-0.3, -0.25) is 4.79 Å². The zero-order valence-corrected chi connectivity index (χ0v) is 14.8. The Kier molecular flexibility index (Phi) is 4.49. The molecule has 4 aromatic rings. The molecule has 0 amide bonds. The first-order valence-electron chi connectivity index (χ1n) is 8.32. The predicted molar refractivity (Wildman–Crippen MR) is 103 cm³/mol. The van der Waals surface area contributed by atoms with E-state index in [1.54, 1.807) is 18.2 Å². The first kappa shape index (κ1) is 17.4. The third kappa shape index (κ3) is 3.24. The molecule has 0 fully saturated rings. The van der Waals surface area contributed by atoms with Crippen LogP contribution in [-0.2, 0) is 6.42 Å². The number of pyridine rings is 2. The highest BCUT2D eigenvalue weighted by molar-refractivity contribution is 6.30.